The first-order chi connectivity index (χ1) is 12.9. The number of nitro benzene ring substituents is 1. The summed E-state index contributed by atoms with van der Waals surface area (Å²) in [6.45, 7) is 3.99. The Balaban J connectivity index is 1.68. The number of aromatic nitrogens is 2. The van der Waals surface area contributed by atoms with E-state index in [2.05, 4.69) is 15.5 Å². The van der Waals surface area contributed by atoms with Crippen LogP contribution in [0.4, 0.5) is 11.7 Å². The third-order valence-corrected chi connectivity index (χ3v) is 3.92. The van der Waals surface area contributed by atoms with Crippen LogP contribution in [0.25, 0.3) is 17.5 Å². The van der Waals surface area contributed by atoms with Gasteiger partial charge in [0.05, 0.1) is 4.92 Å². The third kappa shape index (κ3) is 4.43. The van der Waals surface area contributed by atoms with Crippen molar-refractivity contribution in [1.29, 1.82) is 0 Å². The van der Waals surface area contributed by atoms with Gasteiger partial charge in [-0.25, -0.2) is 0 Å². The molecule has 1 N–H and O–H groups in total. The Hall–Kier alpha value is -3.81. The number of hydrogen-bond donors (Lipinski definition) is 1. The molecule has 3 rings (SSSR count). The van der Waals surface area contributed by atoms with E-state index in [1.54, 1.807) is 12.1 Å². The monoisotopic (exact) mass is 364 g/mol. The Morgan fingerprint density at radius 2 is 1.96 bits per heavy atom. The molecule has 0 aliphatic carbocycles. The van der Waals surface area contributed by atoms with E-state index in [0.717, 1.165) is 16.7 Å². The van der Waals surface area contributed by atoms with Gasteiger partial charge in [0.1, 0.15) is 0 Å². The fourth-order valence-corrected chi connectivity index (χ4v) is 2.33. The minimum Gasteiger partial charge on any atom is -0.403 e. The van der Waals surface area contributed by atoms with Gasteiger partial charge >= 0.3 is 6.01 Å². The second-order valence-corrected chi connectivity index (χ2v) is 5.89. The molecule has 0 spiro atoms. The van der Waals surface area contributed by atoms with E-state index in [-0.39, 0.29) is 11.7 Å². The van der Waals surface area contributed by atoms with Crippen molar-refractivity contribution in [2.75, 3.05) is 5.32 Å². The topological polar surface area (TPSA) is 111 Å². The molecule has 136 valence electrons. The number of benzene rings is 2. The third-order valence-electron chi connectivity index (χ3n) is 3.92. The number of carbonyl (C=O) groups excluding carboxylic acids is 1. The molecule has 8 heteroatoms. The molecule has 0 aliphatic heterocycles. The Labute approximate surface area is 154 Å². The first-order valence-corrected chi connectivity index (χ1v) is 8.07. The predicted molar refractivity (Wildman–Crippen MR) is 100.0 cm³/mol. The van der Waals surface area contributed by atoms with Crippen molar-refractivity contribution in [1.82, 2.24) is 10.2 Å². The molecule has 2 aromatic carbocycles. The maximum atomic E-state index is 12.0. The van der Waals surface area contributed by atoms with Crippen molar-refractivity contribution < 1.29 is 14.1 Å². The zero-order valence-electron chi connectivity index (χ0n) is 14.7. The Morgan fingerprint density at radius 3 is 2.70 bits per heavy atom. The summed E-state index contributed by atoms with van der Waals surface area (Å²) in [5.74, 6) is -0.187. The van der Waals surface area contributed by atoms with Crippen LogP contribution in [0.15, 0.2) is 53.0 Å². The predicted octanol–water partition coefficient (Wildman–Crippen LogP) is 3.91. The number of nitrogens with zero attached hydrogens (tertiary/aromatic N) is 3. The second-order valence-electron chi connectivity index (χ2n) is 5.89. The van der Waals surface area contributed by atoms with E-state index in [1.165, 1.54) is 24.3 Å². The summed E-state index contributed by atoms with van der Waals surface area (Å²) < 4.78 is 5.46. The molecule has 27 heavy (non-hydrogen) atoms. The molecule has 0 bridgehead atoms. The lowest BCUT2D eigenvalue weighted by Gasteiger charge is -2.01. The molecule has 8 nitrogen and oxygen atoms in total. The number of hydrogen-bond acceptors (Lipinski definition) is 6. The molecule has 0 atom stereocenters. The van der Waals surface area contributed by atoms with E-state index in [1.807, 2.05) is 32.0 Å². The number of amides is 1. The first-order valence-electron chi connectivity index (χ1n) is 8.07. The zero-order chi connectivity index (χ0) is 19.4. The molecule has 1 heterocycles. The molecular weight excluding hydrogens is 348 g/mol. The standard InChI is InChI=1S/C19H16N4O4/c1-12-6-8-15(10-13(12)2)18-21-22-19(27-18)20-17(24)9-7-14-4-3-5-16(11-14)23(25)26/h3-11H,1-2H3,(H,20,22,24)/b9-7+. The van der Waals surface area contributed by atoms with Crippen molar-refractivity contribution in [3.63, 3.8) is 0 Å². The van der Waals surface area contributed by atoms with Gasteiger partial charge in [0.2, 0.25) is 5.89 Å². The fraction of sp³-hybridized carbons (Fsp3) is 0.105. The Bertz CT molecular complexity index is 1040. The maximum Gasteiger partial charge on any atom is 0.322 e. The minimum atomic E-state index is -0.496. The summed E-state index contributed by atoms with van der Waals surface area (Å²) in [6, 6.07) is 11.7. The van der Waals surface area contributed by atoms with Crippen LogP contribution in [0.2, 0.25) is 0 Å². The van der Waals surface area contributed by atoms with E-state index >= 15 is 0 Å². The van der Waals surface area contributed by atoms with Crippen molar-refractivity contribution in [3.05, 3.63) is 75.3 Å². The largest absolute Gasteiger partial charge is 0.403 e. The van der Waals surface area contributed by atoms with Gasteiger partial charge in [0.15, 0.2) is 0 Å². The average molecular weight is 364 g/mol. The van der Waals surface area contributed by atoms with E-state index in [4.69, 9.17) is 4.42 Å². The van der Waals surface area contributed by atoms with Gasteiger partial charge in [-0.15, -0.1) is 5.10 Å². The summed E-state index contributed by atoms with van der Waals surface area (Å²) >= 11 is 0. The van der Waals surface area contributed by atoms with Crippen LogP contribution in [0.3, 0.4) is 0 Å². The highest BCUT2D eigenvalue weighted by Gasteiger charge is 2.11. The van der Waals surface area contributed by atoms with Crippen LogP contribution in [-0.4, -0.2) is 21.0 Å². The SMILES string of the molecule is Cc1ccc(-c2nnc(NC(=O)/C=C/c3cccc([N+](=O)[O-])c3)o2)cc1C. The highest BCUT2D eigenvalue weighted by molar-refractivity contribution is 6.00. The van der Waals surface area contributed by atoms with Gasteiger partial charge in [-0.3, -0.25) is 20.2 Å². The van der Waals surface area contributed by atoms with Gasteiger partial charge in [-0.2, -0.15) is 0 Å². The first kappa shape index (κ1) is 18.0. The van der Waals surface area contributed by atoms with Crippen LogP contribution >= 0.6 is 0 Å². The Morgan fingerprint density at radius 1 is 1.15 bits per heavy atom. The average Bonchev–Trinajstić information content (AvgIpc) is 3.11. The van der Waals surface area contributed by atoms with E-state index < -0.39 is 10.8 Å². The Kier molecular flexibility index (Phi) is 5.07. The number of nitrogens with one attached hydrogen (secondary N) is 1. The normalized spacial score (nSPS) is 10.9. The van der Waals surface area contributed by atoms with E-state index in [0.29, 0.717) is 11.5 Å². The molecule has 0 fully saturated rings. The summed E-state index contributed by atoms with van der Waals surface area (Å²) in [6.07, 6.45) is 2.70. The fourth-order valence-electron chi connectivity index (χ4n) is 2.33. The van der Waals surface area contributed by atoms with Gasteiger partial charge in [-0.1, -0.05) is 23.3 Å². The number of non-ortho nitro benzene ring substituents is 1. The molecule has 0 saturated carbocycles. The lowest BCUT2D eigenvalue weighted by molar-refractivity contribution is -0.384. The van der Waals surface area contributed by atoms with Gasteiger partial charge in [0.25, 0.3) is 11.6 Å². The maximum absolute atomic E-state index is 12.0. The molecular formula is C19H16N4O4. The molecule has 3 aromatic rings. The highest BCUT2D eigenvalue weighted by Crippen LogP contribution is 2.22. The number of rotatable bonds is 5. The lowest BCUT2D eigenvalue weighted by Crippen LogP contribution is -2.07. The molecule has 0 unspecified atom stereocenters. The summed E-state index contributed by atoms with van der Waals surface area (Å²) in [7, 11) is 0. The van der Waals surface area contributed by atoms with Crippen molar-refractivity contribution in [3.8, 4) is 11.5 Å². The highest BCUT2D eigenvalue weighted by atomic mass is 16.6. The van der Waals surface area contributed by atoms with Crippen LogP contribution in [0.5, 0.6) is 0 Å². The second kappa shape index (κ2) is 7.61. The summed E-state index contributed by atoms with van der Waals surface area (Å²) in [5.41, 5.74) is 3.49. The van der Waals surface area contributed by atoms with Crippen molar-refractivity contribution in [2.24, 2.45) is 0 Å². The van der Waals surface area contributed by atoms with Crippen molar-refractivity contribution >= 4 is 23.7 Å². The zero-order valence-corrected chi connectivity index (χ0v) is 14.7. The summed E-state index contributed by atoms with van der Waals surface area (Å²) in [4.78, 5) is 22.3. The van der Waals surface area contributed by atoms with E-state index in [9.17, 15) is 14.9 Å². The summed E-state index contributed by atoms with van der Waals surface area (Å²) in [5, 5.41) is 21.0. The molecule has 0 saturated heterocycles. The number of nitro groups is 1. The molecule has 1 aromatic heterocycles. The van der Waals surface area contributed by atoms with Crippen LogP contribution in [0, 0.1) is 24.0 Å². The van der Waals surface area contributed by atoms with Crippen LogP contribution in [-0.2, 0) is 4.79 Å². The van der Waals surface area contributed by atoms with Crippen LogP contribution < -0.4 is 5.32 Å². The van der Waals surface area contributed by atoms with Gasteiger partial charge < -0.3 is 4.42 Å². The number of carbonyl (C=O) groups is 1. The van der Waals surface area contributed by atoms with Crippen molar-refractivity contribution in [2.45, 2.75) is 13.8 Å². The van der Waals surface area contributed by atoms with Crippen LogP contribution in [0.1, 0.15) is 16.7 Å². The van der Waals surface area contributed by atoms with Gasteiger partial charge in [0, 0.05) is 23.8 Å². The smallest absolute Gasteiger partial charge is 0.322 e. The lowest BCUT2D eigenvalue weighted by atomic mass is 10.1. The van der Waals surface area contributed by atoms with Gasteiger partial charge in [-0.05, 0) is 48.7 Å². The molecule has 0 aliphatic rings. The molecule has 1 amide bonds. The number of aryl methyl sites for hydroxylation is 2. The molecule has 0 radical (unpaired) electrons. The quantitative estimate of drug-likeness (QED) is 0.417. The minimum absolute atomic E-state index is 0.0306. The number of anilines is 1.